The monoisotopic (exact) mass is 462 g/mol. The van der Waals surface area contributed by atoms with Crippen molar-refractivity contribution in [2.45, 2.75) is 6.92 Å². The molecular formula is C24H23FN6O3. The fraction of sp³-hybridized carbons (Fsp3) is 0.250. The Morgan fingerprint density at radius 1 is 1.24 bits per heavy atom. The van der Waals surface area contributed by atoms with Crippen LogP contribution in [-0.2, 0) is 7.05 Å². The Kier molecular flexibility index (Phi) is 5.48. The van der Waals surface area contributed by atoms with Gasteiger partial charge in [-0.25, -0.2) is 9.07 Å². The highest BCUT2D eigenvalue weighted by molar-refractivity contribution is 5.99. The van der Waals surface area contributed by atoms with Crippen LogP contribution < -0.4 is 9.47 Å². The first kappa shape index (κ1) is 21.6. The quantitative estimate of drug-likeness (QED) is 0.489. The van der Waals surface area contributed by atoms with Crippen LogP contribution in [0.4, 0.5) is 4.39 Å². The molecule has 34 heavy (non-hydrogen) atoms. The van der Waals surface area contributed by atoms with Crippen LogP contribution in [0.3, 0.4) is 0 Å². The molecule has 1 aliphatic rings. The maximum Gasteiger partial charge on any atom is 0.274 e. The number of carbonyl (C=O) groups is 1. The topological polar surface area (TPSA) is 98.2 Å². The summed E-state index contributed by atoms with van der Waals surface area (Å²) in [5.41, 5.74) is 3.25. The third-order valence-corrected chi connectivity index (χ3v) is 5.65. The Bertz CT molecular complexity index is 1420. The lowest BCUT2D eigenvalue weighted by Crippen LogP contribution is -2.31. The largest absolute Gasteiger partial charge is 0.491 e. The Balaban J connectivity index is 1.71. The molecule has 3 aromatic heterocycles. The maximum absolute atomic E-state index is 14.1. The predicted molar refractivity (Wildman–Crippen MR) is 125 cm³/mol. The molecule has 0 unspecified atom stereocenters. The fourth-order valence-corrected chi connectivity index (χ4v) is 3.92. The van der Waals surface area contributed by atoms with Gasteiger partial charge in [-0.15, -0.1) is 0 Å². The van der Waals surface area contributed by atoms with Crippen molar-refractivity contribution in [3.8, 4) is 22.9 Å². The minimum Gasteiger partial charge on any atom is -0.491 e. The number of aryl methyl sites for hydroxylation is 1. The summed E-state index contributed by atoms with van der Waals surface area (Å²) in [5.74, 6) is 0.295. The zero-order valence-corrected chi connectivity index (χ0v) is 19.0. The second-order valence-electron chi connectivity index (χ2n) is 7.90. The zero-order chi connectivity index (χ0) is 23.8. The van der Waals surface area contributed by atoms with Gasteiger partial charge in [-0.1, -0.05) is 0 Å². The molecule has 10 heteroatoms. The summed E-state index contributed by atoms with van der Waals surface area (Å²) in [6.45, 7) is 2.80. The molecule has 9 nitrogen and oxygen atoms in total. The van der Waals surface area contributed by atoms with Crippen LogP contribution in [0.1, 0.15) is 28.7 Å². The summed E-state index contributed by atoms with van der Waals surface area (Å²) in [4.78, 5) is 19.3. The molecule has 1 aliphatic heterocycles. The van der Waals surface area contributed by atoms with Crippen molar-refractivity contribution in [3.05, 3.63) is 53.2 Å². The Morgan fingerprint density at radius 2 is 2.09 bits per heavy atom. The van der Waals surface area contributed by atoms with Crippen molar-refractivity contribution in [2.75, 3.05) is 26.8 Å². The number of hydrogen-bond acceptors (Lipinski definition) is 6. The molecule has 174 valence electrons. The zero-order valence-electron chi connectivity index (χ0n) is 19.0. The molecular weight excluding hydrogens is 439 g/mol. The molecule has 0 spiro atoms. The highest BCUT2D eigenvalue weighted by atomic mass is 19.1. The molecule has 5 rings (SSSR count). The van der Waals surface area contributed by atoms with Crippen LogP contribution in [0.5, 0.6) is 11.6 Å². The number of nitrogens with one attached hydrogen (secondary N) is 1. The minimum atomic E-state index is -0.396. The summed E-state index contributed by atoms with van der Waals surface area (Å²) in [6.07, 6.45) is 5.22. The molecule has 0 saturated carbocycles. The van der Waals surface area contributed by atoms with Crippen LogP contribution in [-0.4, -0.2) is 62.6 Å². The molecule has 2 bridgehead atoms. The average Bonchev–Trinajstić information content (AvgIpc) is 3.38. The lowest BCUT2D eigenvalue weighted by atomic mass is 10.1. The molecule has 0 radical (unpaired) electrons. The number of aromatic nitrogens is 5. The number of halogens is 1. The highest BCUT2D eigenvalue weighted by Crippen LogP contribution is 2.33. The molecule has 4 aromatic rings. The SMILES string of the molecule is CCOc1c2c(nn1C)C(=O)N(C)CCOc1ccc(F)cc1-c1cc3c(n[nH]c3cn1)C=C2. The van der Waals surface area contributed by atoms with Gasteiger partial charge in [0.1, 0.15) is 18.2 Å². The number of pyridine rings is 1. The first-order valence-corrected chi connectivity index (χ1v) is 10.9. The number of benzene rings is 1. The van der Waals surface area contributed by atoms with Gasteiger partial charge in [-0.2, -0.15) is 10.2 Å². The van der Waals surface area contributed by atoms with E-state index in [0.717, 1.165) is 10.9 Å². The van der Waals surface area contributed by atoms with E-state index in [9.17, 15) is 9.18 Å². The van der Waals surface area contributed by atoms with Crippen molar-refractivity contribution in [1.82, 2.24) is 29.9 Å². The Labute approximate surface area is 194 Å². The Morgan fingerprint density at radius 3 is 2.91 bits per heavy atom. The first-order chi connectivity index (χ1) is 16.5. The van der Waals surface area contributed by atoms with Gasteiger partial charge < -0.3 is 14.4 Å². The molecule has 0 fully saturated rings. The minimum absolute atomic E-state index is 0.205. The second-order valence-corrected chi connectivity index (χ2v) is 7.90. The lowest BCUT2D eigenvalue weighted by molar-refractivity contribution is 0.0767. The fourth-order valence-electron chi connectivity index (χ4n) is 3.92. The van der Waals surface area contributed by atoms with Crippen molar-refractivity contribution in [1.29, 1.82) is 0 Å². The summed E-state index contributed by atoms with van der Waals surface area (Å²) >= 11 is 0. The van der Waals surface area contributed by atoms with Crippen molar-refractivity contribution in [2.24, 2.45) is 7.05 Å². The molecule has 1 amide bonds. The number of likely N-dealkylation sites (N-methyl/N-ethyl adjacent to an activating group) is 1. The number of hydrogen-bond donors (Lipinski definition) is 1. The number of fused-ring (bicyclic) bond motifs is 4. The van der Waals surface area contributed by atoms with Gasteiger partial charge in [0.15, 0.2) is 5.69 Å². The first-order valence-electron chi connectivity index (χ1n) is 10.9. The van der Waals surface area contributed by atoms with Crippen molar-refractivity contribution in [3.63, 3.8) is 0 Å². The normalized spacial score (nSPS) is 13.9. The van der Waals surface area contributed by atoms with E-state index in [0.29, 0.717) is 47.3 Å². The number of ether oxygens (including phenoxy) is 2. The number of H-pyrrole nitrogens is 1. The van der Waals surface area contributed by atoms with E-state index in [2.05, 4.69) is 20.3 Å². The summed E-state index contributed by atoms with van der Waals surface area (Å²) in [7, 11) is 3.41. The van der Waals surface area contributed by atoms with E-state index >= 15 is 0 Å². The summed E-state index contributed by atoms with van der Waals surface area (Å²) < 4.78 is 27.4. The molecule has 1 N–H and O–H groups in total. The molecule has 4 heterocycles. The number of aromatic amines is 1. The molecule has 0 aliphatic carbocycles. The standard InChI is InChI=1S/C24H23FN6O3/c1-4-33-24-15-6-7-18-16-12-19(26-13-20(16)28-27-18)17-11-14(25)5-8-21(17)34-10-9-30(2)23(32)22(15)29-31(24)3/h5-8,11-13H,4,9-10H2,1-3H3,(H,27,28). The van der Waals surface area contributed by atoms with Crippen molar-refractivity contribution >= 4 is 29.0 Å². The van der Waals surface area contributed by atoms with Gasteiger partial charge in [0.25, 0.3) is 5.91 Å². The smallest absolute Gasteiger partial charge is 0.274 e. The number of amides is 1. The van der Waals surface area contributed by atoms with Crippen LogP contribution in [0, 0.1) is 5.82 Å². The van der Waals surface area contributed by atoms with Crippen LogP contribution >= 0.6 is 0 Å². The molecule has 1 aromatic carbocycles. The molecule has 0 saturated heterocycles. The number of rotatable bonds is 2. The third-order valence-electron chi connectivity index (χ3n) is 5.65. The van der Waals surface area contributed by atoms with E-state index < -0.39 is 5.82 Å². The summed E-state index contributed by atoms with van der Waals surface area (Å²) in [5, 5.41) is 12.6. The van der Waals surface area contributed by atoms with E-state index in [4.69, 9.17) is 9.47 Å². The maximum atomic E-state index is 14.1. The highest BCUT2D eigenvalue weighted by Gasteiger charge is 2.24. The van der Waals surface area contributed by atoms with Crippen LogP contribution in [0.2, 0.25) is 0 Å². The van der Waals surface area contributed by atoms with E-state index in [1.54, 1.807) is 43.2 Å². The summed E-state index contributed by atoms with van der Waals surface area (Å²) in [6, 6.07) is 6.13. The van der Waals surface area contributed by atoms with E-state index in [1.807, 2.05) is 13.0 Å². The second kappa shape index (κ2) is 8.62. The third kappa shape index (κ3) is 3.76. The van der Waals surface area contributed by atoms with Gasteiger partial charge in [-0.05, 0) is 43.3 Å². The van der Waals surface area contributed by atoms with Gasteiger partial charge >= 0.3 is 0 Å². The molecule has 0 atom stereocenters. The average molecular weight is 462 g/mol. The van der Waals surface area contributed by atoms with Gasteiger partial charge in [0, 0.05) is 25.0 Å². The van der Waals surface area contributed by atoms with Gasteiger partial charge in [-0.3, -0.25) is 14.9 Å². The lowest BCUT2D eigenvalue weighted by Gasteiger charge is -2.18. The van der Waals surface area contributed by atoms with E-state index in [-0.39, 0.29) is 18.2 Å². The van der Waals surface area contributed by atoms with Crippen LogP contribution in [0.15, 0.2) is 30.5 Å². The van der Waals surface area contributed by atoms with Crippen LogP contribution in [0.25, 0.3) is 34.3 Å². The van der Waals surface area contributed by atoms with Gasteiger partial charge in [0.05, 0.1) is 41.8 Å². The predicted octanol–water partition coefficient (Wildman–Crippen LogP) is 3.53. The number of carbonyl (C=O) groups excluding carboxylic acids is 1. The van der Waals surface area contributed by atoms with Gasteiger partial charge in [0.2, 0.25) is 5.88 Å². The van der Waals surface area contributed by atoms with Crippen molar-refractivity contribution < 1.29 is 18.7 Å². The Hall–Kier alpha value is -4.21. The van der Waals surface area contributed by atoms with E-state index in [1.165, 1.54) is 17.0 Å². The number of nitrogens with zero attached hydrogens (tertiary/aromatic N) is 5.